The van der Waals surface area contributed by atoms with Crippen LogP contribution in [0.2, 0.25) is 0 Å². The third-order valence-electron chi connectivity index (χ3n) is 1.70. The molecule has 15 heavy (non-hydrogen) atoms. The molecule has 0 aliphatic carbocycles. The molecule has 0 radical (unpaired) electrons. The zero-order chi connectivity index (χ0) is 10.7. The highest BCUT2D eigenvalue weighted by molar-refractivity contribution is 7.94. The van der Waals surface area contributed by atoms with E-state index in [1.54, 1.807) is 0 Å². The van der Waals surface area contributed by atoms with Gasteiger partial charge in [0.15, 0.2) is 5.58 Å². The molecule has 0 spiro atoms. The van der Waals surface area contributed by atoms with Gasteiger partial charge in [0.05, 0.1) is 12.0 Å². The molecule has 1 aromatic heterocycles. The number of aromatic nitrogens is 1. The summed E-state index contributed by atoms with van der Waals surface area (Å²) in [5, 5.41) is 0. The Morgan fingerprint density at radius 3 is 3.07 bits per heavy atom. The first-order valence-electron chi connectivity index (χ1n) is 4.40. The van der Waals surface area contributed by atoms with Gasteiger partial charge >= 0.3 is 5.97 Å². The molecule has 0 saturated heterocycles. The van der Waals surface area contributed by atoms with E-state index in [1.165, 1.54) is 6.92 Å². The maximum Gasteiger partial charge on any atom is 0.314 e. The molecular formula is C10H9NO3S. The lowest BCUT2D eigenvalue weighted by atomic mass is 10.3. The molecular weight excluding hydrogens is 214 g/mol. The average Bonchev–Trinajstić information content (AvgIpc) is 2.59. The van der Waals surface area contributed by atoms with Gasteiger partial charge in [-0.15, -0.1) is 0 Å². The lowest BCUT2D eigenvalue weighted by Crippen LogP contribution is -1.90. The van der Waals surface area contributed by atoms with Crippen LogP contribution in [0.25, 0.3) is 11.1 Å². The summed E-state index contributed by atoms with van der Waals surface area (Å²) in [6.45, 7) is 1.36. The number of nitrogens with zero attached hydrogens (tertiary/aromatic N) is 1. The maximum absolute atomic E-state index is 10.5. The van der Waals surface area contributed by atoms with Gasteiger partial charge in [0.1, 0.15) is 11.3 Å². The van der Waals surface area contributed by atoms with Gasteiger partial charge in [0, 0.05) is 6.92 Å². The molecule has 5 heteroatoms. The van der Waals surface area contributed by atoms with Crippen molar-refractivity contribution in [2.24, 2.45) is 0 Å². The highest BCUT2D eigenvalue weighted by Gasteiger charge is 2.05. The molecule has 2 aromatic rings. The van der Waals surface area contributed by atoms with E-state index < -0.39 is 0 Å². The van der Waals surface area contributed by atoms with E-state index in [1.807, 2.05) is 24.3 Å². The third-order valence-corrected chi connectivity index (χ3v) is 2.41. The Bertz CT molecular complexity index is 447. The van der Waals surface area contributed by atoms with Crippen molar-refractivity contribution >= 4 is 29.1 Å². The van der Waals surface area contributed by atoms with E-state index in [4.69, 9.17) is 8.60 Å². The van der Waals surface area contributed by atoms with Gasteiger partial charge < -0.3 is 8.60 Å². The Labute approximate surface area is 90.8 Å². The second-order valence-corrected chi connectivity index (χ2v) is 3.60. The molecule has 78 valence electrons. The Morgan fingerprint density at radius 1 is 1.53 bits per heavy atom. The minimum atomic E-state index is -0.323. The molecule has 0 fully saturated rings. The van der Waals surface area contributed by atoms with Crippen LogP contribution in [0.4, 0.5) is 0 Å². The molecule has 0 bridgehead atoms. The molecule has 0 atom stereocenters. The highest BCUT2D eigenvalue weighted by Crippen LogP contribution is 2.19. The van der Waals surface area contributed by atoms with Crippen LogP contribution in [-0.2, 0) is 14.7 Å². The van der Waals surface area contributed by atoms with Crippen LogP contribution in [-0.4, -0.2) is 11.0 Å². The Hall–Kier alpha value is -1.49. The van der Waals surface area contributed by atoms with E-state index in [0.29, 0.717) is 11.6 Å². The normalized spacial score (nSPS) is 10.5. The number of oxazole rings is 1. The SMILES string of the molecule is CC(=O)OSCc1nc2ccccc2o1. The minimum Gasteiger partial charge on any atom is -0.440 e. The van der Waals surface area contributed by atoms with Crippen molar-refractivity contribution in [3.63, 3.8) is 0 Å². The summed E-state index contributed by atoms with van der Waals surface area (Å²) in [5.74, 6) is 0.660. The summed E-state index contributed by atoms with van der Waals surface area (Å²) in [6, 6.07) is 7.51. The molecule has 0 aliphatic heterocycles. The van der Waals surface area contributed by atoms with Gasteiger partial charge in [0.2, 0.25) is 5.89 Å². The molecule has 2 rings (SSSR count). The van der Waals surface area contributed by atoms with Crippen molar-refractivity contribution in [3.05, 3.63) is 30.2 Å². The fraction of sp³-hybridized carbons (Fsp3) is 0.200. The van der Waals surface area contributed by atoms with Gasteiger partial charge in [-0.3, -0.25) is 4.79 Å². The minimum absolute atomic E-state index is 0.323. The van der Waals surface area contributed by atoms with Gasteiger partial charge in [-0.25, -0.2) is 4.98 Å². The summed E-state index contributed by atoms with van der Waals surface area (Å²) >= 11 is 1.02. The van der Waals surface area contributed by atoms with Crippen molar-refractivity contribution in [3.8, 4) is 0 Å². The molecule has 0 N–H and O–H groups in total. The van der Waals surface area contributed by atoms with Crippen LogP contribution >= 0.6 is 12.0 Å². The van der Waals surface area contributed by atoms with Gasteiger partial charge in [-0.2, -0.15) is 0 Å². The predicted molar refractivity (Wildman–Crippen MR) is 57.1 cm³/mol. The number of hydrogen-bond donors (Lipinski definition) is 0. The fourth-order valence-corrected chi connectivity index (χ4v) is 1.59. The standard InChI is InChI=1S/C10H9NO3S/c1-7(12)14-15-6-10-11-8-4-2-3-5-9(8)13-10/h2-5H,6H2,1H3. The fourth-order valence-electron chi connectivity index (χ4n) is 1.14. The van der Waals surface area contributed by atoms with E-state index in [9.17, 15) is 4.79 Å². The zero-order valence-corrected chi connectivity index (χ0v) is 8.91. The number of para-hydroxylation sites is 2. The molecule has 0 amide bonds. The second kappa shape index (κ2) is 4.35. The van der Waals surface area contributed by atoms with E-state index in [0.717, 1.165) is 23.1 Å². The topological polar surface area (TPSA) is 52.3 Å². The smallest absolute Gasteiger partial charge is 0.314 e. The molecule has 0 aliphatic rings. The number of hydrogen-bond acceptors (Lipinski definition) is 5. The van der Waals surface area contributed by atoms with Crippen LogP contribution in [0.3, 0.4) is 0 Å². The first-order chi connectivity index (χ1) is 7.25. The quantitative estimate of drug-likeness (QED) is 0.748. The van der Waals surface area contributed by atoms with Crippen LogP contribution in [0.5, 0.6) is 0 Å². The number of carbonyl (C=O) groups excluding carboxylic acids is 1. The van der Waals surface area contributed by atoms with Crippen LogP contribution in [0.15, 0.2) is 28.7 Å². The lowest BCUT2D eigenvalue weighted by Gasteiger charge is -1.94. The summed E-state index contributed by atoms with van der Waals surface area (Å²) in [4.78, 5) is 14.7. The van der Waals surface area contributed by atoms with Crippen molar-refractivity contribution < 1.29 is 13.4 Å². The van der Waals surface area contributed by atoms with Crippen molar-refractivity contribution in [2.75, 3.05) is 0 Å². The maximum atomic E-state index is 10.5. The number of rotatable bonds is 3. The van der Waals surface area contributed by atoms with Crippen LogP contribution < -0.4 is 0 Å². The molecule has 0 unspecified atom stereocenters. The Kier molecular flexibility index (Phi) is 2.91. The lowest BCUT2D eigenvalue weighted by molar-refractivity contribution is -0.130. The number of carbonyl (C=O) groups is 1. The number of benzene rings is 1. The Balaban J connectivity index is 2.05. The molecule has 4 nitrogen and oxygen atoms in total. The van der Waals surface area contributed by atoms with Crippen LogP contribution in [0, 0.1) is 0 Å². The van der Waals surface area contributed by atoms with E-state index in [2.05, 4.69) is 4.98 Å². The second-order valence-electron chi connectivity index (χ2n) is 2.91. The number of fused-ring (bicyclic) bond motifs is 1. The van der Waals surface area contributed by atoms with Crippen LogP contribution in [0.1, 0.15) is 12.8 Å². The first-order valence-corrected chi connectivity index (χ1v) is 5.31. The van der Waals surface area contributed by atoms with Crippen molar-refractivity contribution in [2.45, 2.75) is 12.7 Å². The summed E-state index contributed by atoms with van der Waals surface area (Å²) < 4.78 is 10.1. The Morgan fingerprint density at radius 2 is 2.33 bits per heavy atom. The van der Waals surface area contributed by atoms with Gasteiger partial charge in [-0.05, 0) is 12.1 Å². The monoisotopic (exact) mass is 223 g/mol. The molecule has 1 heterocycles. The predicted octanol–water partition coefficient (Wildman–Crippen LogP) is 2.54. The zero-order valence-electron chi connectivity index (χ0n) is 8.10. The summed E-state index contributed by atoms with van der Waals surface area (Å²) in [7, 11) is 0. The molecule has 0 saturated carbocycles. The van der Waals surface area contributed by atoms with E-state index >= 15 is 0 Å². The van der Waals surface area contributed by atoms with Gasteiger partial charge in [0.25, 0.3) is 0 Å². The van der Waals surface area contributed by atoms with Crippen molar-refractivity contribution in [1.29, 1.82) is 0 Å². The van der Waals surface area contributed by atoms with Crippen molar-refractivity contribution in [1.82, 2.24) is 4.98 Å². The van der Waals surface area contributed by atoms with Gasteiger partial charge in [-0.1, -0.05) is 12.1 Å². The first kappa shape index (κ1) is 10.0. The summed E-state index contributed by atoms with van der Waals surface area (Å²) in [6.07, 6.45) is 0. The van der Waals surface area contributed by atoms with E-state index in [-0.39, 0.29) is 5.97 Å². The highest BCUT2D eigenvalue weighted by atomic mass is 32.2. The summed E-state index contributed by atoms with van der Waals surface area (Å²) in [5.41, 5.74) is 1.56. The average molecular weight is 223 g/mol. The third kappa shape index (κ3) is 2.50. The largest absolute Gasteiger partial charge is 0.440 e. The molecule has 1 aromatic carbocycles.